The van der Waals surface area contributed by atoms with Crippen molar-refractivity contribution in [3.63, 3.8) is 0 Å². The Morgan fingerprint density at radius 3 is 2.58 bits per heavy atom. The Kier molecular flexibility index (Phi) is 6.20. The SMILES string of the molecule is CCCc1noc(CCCC(=O)N2CCN(c3ccc(F)cc3)CC2)n1. The van der Waals surface area contributed by atoms with Gasteiger partial charge >= 0.3 is 0 Å². The molecule has 0 aliphatic carbocycles. The van der Waals surface area contributed by atoms with Crippen LogP contribution >= 0.6 is 0 Å². The number of carbonyl (C=O) groups excluding carboxylic acids is 1. The number of carbonyl (C=O) groups is 1. The van der Waals surface area contributed by atoms with Gasteiger partial charge in [0.25, 0.3) is 0 Å². The number of rotatable bonds is 7. The van der Waals surface area contributed by atoms with E-state index < -0.39 is 0 Å². The van der Waals surface area contributed by atoms with E-state index in [-0.39, 0.29) is 11.7 Å². The highest BCUT2D eigenvalue weighted by molar-refractivity contribution is 5.76. The van der Waals surface area contributed by atoms with Crippen LogP contribution in [0.2, 0.25) is 0 Å². The van der Waals surface area contributed by atoms with Crippen LogP contribution in [0.3, 0.4) is 0 Å². The Balaban J connectivity index is 1.39. The maximum Gasteiger partial charge on any atom is 0.226 e. The summed E-state index contributed by atoms with van der Waals surface area (Å²) in [5.74, 6) is 1.29. The molecule has 1 aliphatic rings. The number of amides is 1. The number of benzene rings is 1. The fourth-order valence-electron chi connectivity index (χ4n) is 3.13. The zero-order valence-corrected chi connectivity index (χ0v) is 15.2. The van der Waals surface area contributed by atoms with E-state index in [1.807, 2.05) is 4.90 Å². The van der Waals surface area contributed by atoms with Crippen LogP contribution < -0.4 is 4.90 Å². The largest absolute Gasteiger partial charge is 0.368 e. The van der Waals surface area contributed by atoms with Crippen molar-refractivity contribution in [3.05, 3.63) is 41.8 Å². The van der Waals surface area contributed by atoms with Gasteiger partial charge in [-0.05, 0) is 37.1 Å². The molecule has 0 spiro atoms. The second-order valence-corrected chi connectivity index (χ2v) is 6.55. The molecule has 0 unspecified atom stereocenters. The molecule has 6 nitrogen and oxygen atoms in total. The fraction of sp³-hybridized carbons (Fsp3) is 0.526. The minimum absolute atomic E-state index is 0.164. The normalized spacial score (nSPS) is 14.7. The summed E-state index contributed by atoms with van der Waals surface area (Å²) >= 11 is 0. The summed E-state index contributed by atoms with van der Waals surface area (Å²) < 4.78 is 18.2. The first-order chi connectivity index (χ1) is 12.7. The number of anilines is 1. The lowest BCUT2D eigenvalue weighted by atomic mass is 10.2. The van der Waals surface area contributed by atoms with Crippen molar-refractivity contribution < 1.29 is 13.7 Å². The van der Waals surface area contributed by atoms with E-state index in [4.69, 9.17) is 4.52 Å². The van der Waals surface area contributed by atoms with Gasteiger partial charge in [-0.2, -0.15) is 4.98 Å². The standard InChI is InChI=1S/C19H25FN4O2/c1-2-4-17-21-18(26-22-17)5-3-6-19(25)24-13-11-23(12-14-24)16-9-7-15(20)8-10-16/h7-10H,2-6,11-14H2,1H3. The highest BCUT2D eigenvalue weighted by Crippen LogP contribution is 2.17. The fourth-order valence-corrected chi connectivity index (χ4v) is 3.13. The van der Waals surface area contributed by atoms with Gasteiger partial charge in [0.1, 0.15) is 5.82 Å². The van der Waals surface area contributed by atoms with Gasteiger partial charge in [-0.15, -0.1) is 0 Å². The second-order valence-electron chi connectivity index (χ2n) is 6.55. The number of hydrogen-bond acceptors (Lipinski definition) is 5. The lowest BCUT2D eigenvalue weighted by Gasteiger charge is -2.36. The van der Waals surface area contributed by atoms with Crippen LogP contribution in [0.4, 0.5) is 10.1 Å². The molecule has 1 aliphatic heterocycles. The van der Waals surface area contributed by atoms with Crippen molar-refractivity contribution in [2.75, 3.05) is 31.1 Å². The summed E-state index contributed by atoms with van der Waals surface area (Å²) in [6.45, 7) is 4.99. The van der Waals surface area contributed by atoms with Crippen LogP contribution in [0.5, 0.6) is 0 Å². The molecular weight excluding hydrogens is 335 g/mol. The van der Waals surface area contributed by atoms with E-state index >= 15 is 0 Å². The van der Waals surface area contributed by atoms with Gasteiger partial charge in [0.15, 0.2) is 5.82 Å². The number of piperazine rings is 1. The van der Waals surface area contributed by atoms with Gasteiger partial charge < -0.3 is 14.3 Å². The Morgan fingerprint density at radius 1 is 1.15 bits per heavy atom. The Morgan fingerprint density at radius 2 is 1.88 bits per heavy atom. The summed E-state index contributed by atoms with van der Waals surface area (Å²) in [5, 5.41) is 3.93. The number of aryl methyl sites for hydroxylation is 2. The summed E-state index contributed by atoms with van der Waals surface area (Å²) in [6.07, 6.45) is 3.65. The maximum atomic E-state index is 13.0. The molecule has 2 aromatic rings. The average molecular weight is 360 g/mol. The predicted octanol–water partition coefficient (Wildman–Crippen LogP) is 2.83. The molecular formula is C19H25FN4O2. The Bertz CT molecular complexity index is 709. The first kappa shape index (κ1) is 18.4. The summed E-state index contributed by atoms with van der Waals surface area (Å²) in [5.41, 5.74) is 0.998. The molecule has 1 aromatic carbocycles. The molecule has 1 fully saturated rings. The molecule has 1 aromatic heterocycles. The van der Waals surface area contributed by atoms with Crippen molar-refractivity contribution in [2.24, 2.45) is 0 Å². The minimum atomic E-state index is -0.231. The van der Waals surface area contributed by atoms with Crippen LogP contribution in [-0.4, -0.2) is 47.1 Å². The van der Waals surface area contributed by atoms with Gasteiger partial charge in [0, 0.05) is 51.1 Å². The van der Waals surface area contributed by atoms with E-state index in [2.05, 4.69) is 22.0 Å². The summed E-state index contributed by atoms with van der Waals surface area (Å²) in [4.78, 5) is 20.8. The van der Waals surface area contributed by atoms with Crippen molar-refractivity contribution in [3.8, 4) is 0 Å². The molecule has 140 valence electrons. The molecule has 2 heterocycles. The highest BCUT2D eigenvalue weighted by atomic mass is 19.1. The number of hydrogen-bond donors (Lipinski definition) is 0. The number of aromatic nitrogens is 2. The molecule has 3 rings (SSSR count). The molecule has 0 saturated carbocycles. The minimum Gasteiger partial charge on any atom is -0.368 e. The molecule has 0 radical (unpaired) electrons. The van der Waals surface area contributed by atoms with E-state index in [0.717, 1.165) is 37.4 Å². The first-order valence-corrected chi connectivity index (χ1v) is 9.25. The topological polar surface area (TPSA) is 62.5 Å². The van der Waals surface area contributed by atoms with Gasteiger partial charge in [0.2, 0.25) is 11.8 Å². The zero-order chi connectivity index (χ0) is 18.4. The number of nitrogens with zero attached hydrogens (tertiary/aromatic N) is 4. The van der Waals surface area contributed by atoms with Crippen molar-refractivity contribution in [2.45, 2.75) is 39.0 Å². The molecule has 7 heteroatoms. The Hall–Kier alpha value is -2.44. The van der Waals surface area contributed by atoms with Crippen LogP contribution in [0.15, 0.2) is 28.8 Å². The van der Waals surface area contributed by atoms with Crippen LogP contribution in [0.25, 0.3) is 0 Å². The molecule has 0 atom stereocenters. The molecule has 0 N–H and O–H groups in total. The average Bonchev–Trinajstić information content (AvgIpc) is 3.10. The van der Waals surface area contributed by atoms with E-state index in [1.165, 1.54) is 12.1 Å². The lowest BCUT2D eigenvalue weighted by molar-refractivity contribution is -0.131. The predicted molar refractivity (Wildman–Crippen MR) is 96.4 cm³/mol. The summed E-state index contributed by atoms with van der Waals surface area (Å²) in [7, 11) is 0. The van der Waals surface area contributed by atoms with Crippen LogP contribution in [0.1, 0.15) is 37.9 Å². The van der Waals surface area contributed by atoms with Gasteiger partial charge in [-0.1, -0.05) is 12.1 Å². The monoisotopic (exact) mass is 360 g/mol. The number of halogens is 1. The van der Waals surface area contributed by atoms with Crippen molar-refractivity contribution in [1.29, 1.82) is 0 Å². The van der Waals surface area contributed by atoms with Crippen LogP contribution in [-0.2, 0) is 17.6 Å². The zero-order valence-electron chi connectivity index (χ0n) is 15.2. The second kappa shape index (κ2) is 8.78. The first-order valence-electron chi connectivity index (χ1n) is 9.25. The molecule has 26 heavy (non-hydrogen) atoms. The van der Waals surface area contributed by atoms with Crippen LogP contribution in [0, 0.1) is 5.82 Å². The van der Waals surface area contributed by atoms with E-state index in [1.54, 1.807) is 12.1 Å². The Labute approximate surface area is 153 Å². The third-order valence-electron chi connectivity index (χ3n) is 4.59. The molecule has 1 saturated heterocycles. The van der Waals surface area contributed by atoms with Gasteiger partial charge in [-0.25, -0.2) is 4.39 Å². The highest BCUT2D eigenvalue weighted by Gasteiger charge is 2.21. The maximum absolute atomic E-state index is 13.0. The molecule has 0 bridgehead atoms. The van der Waals surface area contributed by atoms with Crippen molar-refractivity contribution >= 4 is 11.6 Å². The van der Waals surface area contributed by atoms with Crippen molar-refractivity contribution in [1.82, 2.24) is 15.0 Å². The molecule has 1 amide bonds. The third kappa shape index (κ3) is 4.80. The smallest absolute Gasteiger partial charge is 0.226 e. The van der Waals surface area contributed by atoms with Gasteiger partial charge in [0.05, 0.1) is 0 Å². The van der Waals surface area contributed by atoms with E-state index in [0.29, 0.717) is 38.2 Å². The van der Waals surface area contributed by atoms with E-state index in [9.17, 15) is 9.18 Å². The summed E-state index contributed by atoms with van der Waals surface area (Å²) in [6, 6.07) is 6.50. The van der Waals surface area contributed by atoms with Gasteiger partial charge in [-0.3, -0.25) is 4.79 Å². The lowest BCUT2D eigenvalue weighted by Crippen LogP contribution is -2.48. The quantitative estimate of drug-likeness (QED) is 0.760. The third-order valence-corrected chi connectivity index (χ3v) is 4.59.